The summed E-state index contributed by atoms with van der Waals surface area (Å²) in [6.07, 6.45) is 7.96. The van der Waals surface area contributed by atoms with Crippen molar-refractivity contribution in [3.8, 4) is 22.6 Å². The third kappa shape index (κ3) is 4.34. The first-order chi connectivity index (χ1) is 18.0. The van der Waals surface area contributed by atoms with Gasteiger partial charge in [0.15, 0.2) is 5.65 Å². The number of hydrogen-bond acceptors (Lipinski definition) is 4. The van der Waals surface area contributed by atoms with Crippen LogP contribution in [-0.2, 0) is 0 Å². The third-order valence-electron chi connectivity index (χ3n) is 7.75. The van der Waals surface area contributed by atoms with Gasteiger partial charge in [0.05, 0.1) is 23.8 Å². The van der Waals surface area contributed by atoms with Crippen LogP contribution in [0.2, 0.25) is 0 Å². The molecular formula is C29H30FN5O2. The summed E-state index contributed by atoms with van der Waals surface area (Å²) in [4.78, 5) is 37.7. The van der Waals surface area contributed by atoms with E-state index >= 15 is 0 Å². The summed E-state index contributed by atoms with van der Waals surface area (Å²) < 4.78 is 14.4. The molecule has 190 valence electrons. The molecule has 0 radical (unpaired) electrons. The molecule has 37 heavy (non-hydrogen) atoms. The predicted octanol–water partition coefficient (Wildman–Crippen LogP) is 5.15. The summed E-state index contributed by atoms with van der Waals surface area (Å²) in [5.74, 6) is 0.161. The van der Waals surface area contributed by atoms with Crippen molar-refractivity contribution in [1.29, 1.82) is 0 Å². The Morgan fingerprint density at radius 2 is 1.81 bits per heavy atom. The minimum atomic E-state index is -0.456. The van der Waals surface area contributed by atoms with Crippen molar-refractivity contribution in [1.82, 2.24) is 24.5 Å². The molecule has 0 atom stereocenters. The van der Waals surface area contributed by atoms with Crippen LogP contribution in [0.4, 0.5) is 4.39 Å². The summed E-state index contributed by atoms with van der Waals surface area (Å²) >= 11 is 0. The Balaban J connectivity index is 1.44. The molecule has 0 unspecified atom stereocenters. The molecule has 1 aliphatic carbocycles. The summed E-state index contributed by atoms with van der Waals surface area (Å²) in [5, 5.41) is 3.07. The van der Waals surface area contributed by atoms with Crippen LogP contribution in [0.5, 0.6) is 0 Å². The number of nitrogens with one attached hydrogen (secondary N) is 1. The monoisotopic (exact) mass is 499 g/mol. The first kappa shape index (κ1) is 23.6. The second-order valence-corrected chi connectivity index (χ2v) is 10.4. The van der Waals surface area contributed by atoms with E-state index in [4.69, 9.17) is 4.98 Å². The smallest absolute Gasteiger partial charge is 0.273 e. The van der Waals surface area contributed by atoms with Crippen LogP contribution in [0.25, 0.3) is 28.3 Å². The van der Waals surface area contributed by atoms with E-state index in [0.717, 1.165) is 11.1 Å². The van der Waals surface area contributed by atoms with Gasteiger partial charge in [-0.3, -0.25) is 24.1 Å². The molecule has 4 aromatic rings. The molecule has 0 bridgehead atoms. The van der Waals surface area contributed by atoms with Crippen molar-refractivity contribution in [2.45, 2.75) is 44.9 Å². The molecule has 1 saturated heterocycles. The van der Waals surface area contributed by atoms with Gasteiger partial charge in [0.2, 0.25) is 0 Å². The number of amides is 1. The van der Waals surface area contributed by atoms with Crippen LogP contribution >= 0.6 is 0 Å². The zero-order chi connectivity index (χ0) is 25.5. The van der Waals surface area contributed by atoms with Crippen molar-refractivity contribution >= 4 is 11.6 Å². The van der Waals surface area contributed by atoms with E-state index in [1.54, 1.807) is 11.1 Å². The maximum Gasteiger partial charge on any atom is 0.273 e. The van der Waals surface area contributed by atoms with Crippen LogP contribution in [0.1, 0.15) is 59.5 Å². The highest BCUT2D eigenvalue weighted by atomic mass is 19.1. The maximum atomic E-state index is 13.6. The Kier molecular flexibility index (Phi) is 6.10. The summed E-state index contributed by atoms with van der Waals surface area (Å²) in [5.41, 5.74) is 4.86. The quantitative estimate of drug-likeness (QED) is 0.412. The Morgan fingerprint density at radius 1 is 1.05 bits per heavy atom. The summed E-state index contributed by atoms with van der Waals surface area (Å²) in [6, 6.07) is 13.5. The molecule has 7 nitrogen and oxygen atoms in total. The highest BCUT2D eigenvalue weighted by molar-refractivity contribution is 6.05. The van der Waals surface area contributed by atoms with Gasteiger partial charge in [-0.25, -0.2) is 9.50 Å². The Labute approximate surface area is 214 Å². The minimum Gasteiger partial charge on any atom is -0.338 e. The van der Waals surface area contributed by atoms with Crippen molar-refractivity contribution in [2.24, 2.45) is 5.92 Å². The molecule has 4 heterocycles. The topological polar surface area (TPSA) is 83.4 Å². The number of rotatable bonds is 5. The van der Waals surface area contributed by atoms with Gasteiger partial charge in [0.25, 0.3) is 11.5 Å². The molecular weight excluding hydrogens is 469 g/mol. The molecule has 8 heteroatoms. The first-order valence-corrected chi connectivity index (χ1v) is 13.1. The largest absolute Gasteiger partial charge is 0.338 e. The van der Waals surface area contributed by atoms with Gasteiger partial charge in [0.1, 0.15) is 5.56 Å². The Bertz CT molecular complexity index is 1510. The van der Waals surface area contributed by atoms with E-state index < -0.39 is 6.67 Å². The van der Waals surface area contributed by atoms with Crippen molar-refractivity contribution in [3.05, 3.63) is 75.7 Å². The SMILES string of the molecule is Cc1ccnc(-c2[nH]n3c(=O)cc(-c4ccc(C5CCCCC5)cc4)nc3c2C(=O)N2CC(CF)C2)c1. The molecule has 1 aromatic carbocycles. The first-order valence-electron chi connectivity index (χ1n) is 13.1. The fraction of sp³-hybridized carbons (Fsp3) is 0.379. The molecule has 1 amide bonds. The molecule has 2 fully saturated rings. The number of carbonyl (C=O) groups is 1. The predicted molar refractivity (Wildman–Crippen MR) is 140 cm³/mol. The molecule has 3 aromatic heterocycles. The van der Waals surface area contributed by atoms with Gasteiger partial charge in [0, 0.05) is 36.8 Å². The summed E-state index contributed by atoms with van der Waals surface area (Å²) in [6.45, 7) is 2.18. The number of halogens is 1. The Hall–Kier alpha value is -3.81. The fourth-order valence-electron chi connectivity index (χ4n) is 5.60. The zero-order valence-corrected chi connectivity index (χ0v) is 20.9. The molecule has 1 N–H and O–H groups in total. The van der Waals surface area contributed by atoms with E-state index in [1.165, 1.54) is 48.2 Å². The third-order valence-corrected chi connectivity index (χ3v) is 7.75. The van der Waals surface area contributed by atoms with E-state index in [9.17, 15) is 14.0 Å². The van der Waals surface area contributed by atoms with E-state index in [1.807, 2.05) is 31.2 Å². The molecule has 1 saturated carbocycles. The van der Waals surface area contributed by atoms with Crippen molar-refractivity contribution < 1.29 is 9.18 Å². The number of aromatic nitrogens is 4. The number of pyridine rings is 1. The minimum absolute atomic E-state index is 0.149. The molecule has 6 rings (SSSR count). The van der Waals surface area contributed by atoms with Gasteiger partial charge in [-0.1, -0.05) is 43.5 Å². The van der Waals surface area contributed by atoms with Gasteiger partial charge in [-0.05, 0) is 48.9 Å². The van der Waals surface area contributed by atoms with Gasteiger partial charge in [-0.2, -0.15) is 0 Å². The van der Waals surface area contributed by atoms with E-state index in [-0.39, 0.29) is 28.6 Å². The number of carbonyl (C=O) groups excluding carboxylic acids is 1. The van der Waals surface area contributed by atoms with Crippen molar-refractivity contribution in [2.75, 3.05) is 19.8 Å². The lowest BCUT2D eigenvalue weighted by Gasteiger charge is -2.37. The molecule has 0 spiro atoms. The lowest BCUT2D eigenvalue weighted by Crippen LogP contribution is -2.50. The average Bonchev–Trinajstić information content (AvgIpc) is 3.29. The Morgan fingerprint density at radius 3 is 2.51 bits per heavy atom. The number of fused-ring (bicyclic) bond motifs is 1. The number of benzene rings is 1. The molecule has 2 aliphatic rings. The van der Waals surface area contributed by atoms with Crippen LogP contribution < -0.4 is 5.56 Å². The fourth-order valence-corrected chi connectivity index (χ4v) is 5.60. The summed E-state index contributed by atoms with van der Waals surface area (Å²) in [7, 11) is 0. The maximum absolute atomic E-state index is 13.6. The normalized spacial score (nSPS) is 16.8. The standard InChI is InChI=1S/C29H30FN5O2/c1-18-11-12-31-24(13-18)27-26(29(37)34-16-19(15-30)17-34)28-32-23(14-25(36)35(28)33-27)22-9-7-21(8-10-22)20-5-3-2-4-6-20/h7-14,19-20,33H,2-6,15-17H2,1H3. The number of likely N-dealkylation sites (tertiary alicyclic amines) is 1. The van der Waals surface area contributed by atoms with Crippen LogP contribution in [0.15, 0.2) is 53.5 Å². The van der Waals surface area contributed by atoms with Crippen molar-refractivity contribution in [3.63, 3.8) is 0 Å². The number of nitrogens with zero attached hydrogens (tertiary/aromatic N) is 4. The van der Waals surface area contributed by atoms with E-state index in [2.05, 4.69) is 22.2 Å². The average molecular weight is 500 g/mol. The second-order valence-electron chi connectivity index (χ2n) is 10.4. The number of alkyl halides is 1. The molecule has 1 aliphatic heterocycles. The lowest BCUT2D eigenvalue weighted by atomic mass is 9.84. The second kappa shape index (κ2) is 9.57. The van der Waals surface area contributed by atoms with Gasteiger partial charge >= 0.3 is 0 Å². The lowest BCUT2D eigenvalue weighted by molar-refractivity contribution is 0.0455. The highest BCUT2D eigenvalue weighted by Crippen LogP contribution is 2.34. The zero-order valence-electron chi connectivity index (χ0n) is 20.9. The van der Waals surface area contributed by atoms with Gasteiger partial charge < -0.3 is 4.90 Å². The number of aromatic amines is 1. The van der Waals surface area contributed by atoms with Crippen LogP contribution in [0, 0.1) is 12.8 Å². The van der Waals surface area contributed by atoms with Crippen LogP contribution in [-0.4, -0.2) is 50.2 Å². The number of H-pyrrole nitrogens is 1. The van der Waals surface area contributed by atoms with Gasteiger partial charge in [-0.15, -0.1) is 0 Å². The number of hydrogen-bond donors (Lipinski definition) is 1. The van der Waals surface area contributed by atoms with E-state index in [0.29, 0.717) is 36.1 Å². The van der Waals surface area contributed by atoms with Crippen LogP contribution in [0.3, 0.4) is 0 Å². The number of aryl methyl sites for hydroxylation is 1. The highest BCUT2D eigenvalue weighted by Gasteiger charge is 2.35.